The van der Waals surface area contributed by atoms with Gasteiger partial charge in [-0.1, -0.05) is 39.8 Å². The molecule has 0 unspecified atom stereocenters. The largest absolute Gasteiger partial charge is 0.365 e. The summed E-state index contributed by atoms with van der Waals surface area (Å²) >= 11 is 0. The van der Waals surface area contributed by atoms with E-state index >= 15 is 0 Å². The second-order valence-electron chi connectivity index (χ2n) is 16.8. The predicted molar refractivity (Wildman–Crippen MR) is 163 cm³/mol. The molecule has 9 rings (SSSR count). The molecule has 0 aromatic heterocycles. The van der Waals surface area contributed by atoms with Gasteiger partial charge in [0, 0.05) is 36.5 Å². The van der Waals surface area contributed by atoms with Crippen LogP contribution >= 0.6 is 0 Å². The van der Waals surface area contributed by atoms with Crippen molar-refractivity contribution >= 4 is 23.1 Å². The van der Waals surface area contributed by atoms with Crippen LogP contribution in [0.2, 0.25) is 0 Å². The lowest BCUT2D eigenvalue weighted by molar-refractivity contribution is -0.132. The summed E-state index contributed by atoms with van der Waals surface area (Å²) in [5, 5.41) is 0. The Bertz CT molecular complexity index is 1420. The van der Waals surface area contributed by atoms with Crippen LogP contribution in [-0.4, -0.2) is 35.3 Å². The predicted octanol–water partition coefficient (Wildman–Crippen LogP) is 6.94. The number of allylic oxidation sites excluding steroid dienone is 4. The summed E-state index contributed by atoms with van der Waals surface area (Å²) in [7, 11) is 0. The second kappa shape index (κ2) is 9.21. The highest BCUT2D eigenvalue weighted by Crippen LogP contribution is 2.68. The fourth-order valence-electron chi connectivity index (χ4n) is 12.3. The third-order valence-electron chi connectivity index (χ3n) is 15.2. The SMILES string of the molecule is C[C@]12CCC(=O)C=C1C=C[C@@H]1[C@@H]2CC[C@]2(C)C(=O)CC[C@@H]12.C[C@]12CCC(=O)C=C1[C@H]1O[C@H]1[C@@H]1[C@@H]2CC[C@]2(C)C(=O)CC[C@@H]12. The minimum atomic E-state index is -0.0975. The van der Waals surface area contributed by atoms with Gasteiger partial charge in [-0.2, -0.15) is 0 Å². The normalized spacial score (nSPS) is 52.2. The van der Waals surface area contributed by atoms with Crippen LogP contribution in [-0.2, 0) is 23.9 Å². The monoisotopic (exact) mass is 584 g/mol. The lowest BCUT2D eigenvalue weighted by Gasteiger charge is -2.55. The Morgan fingerprint density at radius 2 is 1.19 bits per heavy atom. The van der Waals surface area contributed by atoms with Crippen LogP contribution in [0.15, 0.2) is 35.5 Å². The average molecular weight is 585 g/mol. The van der Waals surface area contributed by atoms with Crippen LogP contribution in [0.3, 0.4) is 0 Å². The molecule has 1 aliphatic heterocycles. The van der Waals surface area contributed by atoms with E-state index in [2.05, 4.69) is 39.8 Å². The van der Waals surface area contributed by atoms with Crippen molar-refractivity contribution in [1.82, 2.24) is 0 Å². The highest BCUT2D eigenvalue weighted by molar-refractivity contribution is 5.93. The molecule has 5 saturated carbocycles. The number of fused-ring (bicyclic) bond motifs is 13. The first-order valence-electron chi connectivity index (χ1n) is 17.3. The molecule has 43 heavy (non-hydrogen) atoms. The first kappa shape index (κ1) is 28.3. The summed E-state index contributed by atoms with van der Waals surface area (Å²) in [5.74, 6) is 4.84. The van der Waals surface area contributed by atoms with Crippen molar-refractivity contribution in [3.63, 3.8) is 0 Å². The van der Waals surface area contributed by atoms with E-state index < -0.39 is 0 Å². The van der Waals surface area contributed by atoms with Crippen LogP contribution in [0.4, 0.5) is 0 Å². The molecule has 8 aliphatic carbocycles. The molecule has 0 amide bonds. The number of hydrogen-bond donors (Lipinski definition) is 0. The van der Waals surface area contributed by atoms with Crippen molar-refractivity contribution in [1.29, 1.82) is 0 Å². The average Bonchev–Trinajstić information content (AvgIpc) is 3.63. The molecule has 0 N–H and O–H groups in total. The van der Waals surface area contributed by atoms with Crippen molar-refractivity contribution in [3.05, 3.63) is 35.5 Å². The van der Waals surface area contributed by atoms with E-state index in [0.29, 0.717) is 59.9 Å². The van der Waals surface area contributed by atoms with Crippen molar-refractivity contribution in [2.75, 3.05) is 0 Å². The maximum atomic E-state index is 12.4. The van der Waals surface area contributed by atoms with Crippen molar-refractivity contribution in [3.8, 4) is 0 Å². The van der Waals surface area contributed by atoms with Gasteiger partial charge in [-0.25, -0.2) is 0 Å². The number of carbonyl (C=O) groups is 4. The van der Waals surface area contributed by atoms with Crippen LogP contribution in [0.25, 0.3) is 0 Å². The third kappa shape index (κ3) is 3.79. The lowest BCUT2D eigenvalue weighted by atomic mass is 9.47. The first-order chi connectivity index (χ1) is 20.4. The summed E-state index contributed by atoms with van der Waals surface area (Å²) in [6.07, 6.45) is 20.1. The zero-order chi connectivity index (χ0) is 30.1. The smallest absolute Gasteiger partial charge is 0.156 e. The van der Waals surface area contributed by atoms with E-state index in [1.165, 1.54) is 11.1 Å². The van der Waals surface area contributed by atoms with E-state index in [9.17, 15) is 19.2 Å². The van der Waals surface area contributed by atoms with E-state index in [4.69, 9.17) is 4.74 Å². The van der Waals surface area contributed by atoms with Gasteiger partial charge in [-0.15, -0.1) is 0 Å². The Kier molecular flexibility index (Phi) is 6.07. The van der Waals surface area contributed by atoms with Gasteiger partial charge < -0.3 is 4.74 Å². The maximum absolute atomic E-state index is 12.4. The lowest BCUT2D eigenvalue weighted by Crippen LogP contribution is -2.53. The molecule has 0 aromatic carbocycles. The van der Waals surface area contributed by atoms with Gasteiger partial charge in [0.15, 0.2) is 11.6 Å². The molecule has 5 nitrogen and oxygen atoms in total. The summed E-state index contributed by atoms with van der Waals surface area (Å²) in [6, 6.07) is 0. The molecule has 5 heteroatoms. The fraction of sp³-hybridized carbons (Fsp3) is 0.737. The Morgan fingerprint density at radius 3 is 1.91 bits per heavy atom. The number of carbonyl (C=O) groups excluding carboxylic acids is 4. The van der Waals surface area contributed by atoms with Gasteiger partial charge in [0.25, 0.3) is 0 Å². The number of ether oxygens (including phenoxy) is 1. The number of epoxide rings is 1. The molecule has 1 saturated heterocycles. The van der Waals surface area contributed by atoms with E-state index in [0.717, 1.165) is 64.2 Å². The summed E-state index contributed by atoms with van der Waals surface area (Å²) in [6.45, 7) is 9.12. The minimum Gasteiger partial charge on any atom is -0.365 e. The molecule has 0 aromatic rings. The quantitative estimate of drug-likeness (QED) is 0.288. The van der Waals surface area contributed by atoms with Crippen molar-refractivity contribution < 1.29 is 23.9 Å². The fourth-order valence-corrected chi connectivity index (χ4v) is 12.3. The Morgan fingerprint density at radius 1 is 0.628 bits per heavy atom. The van der Waals surface area contributed by atoms with E-state index in [1.54, 1.807) is 0 Å². The molecule has 0 spiro atoms. The van der Waals surface area contributed by atoms with E-state index in [1.807, 2.05) is 12.2 Å². The molecule has 1 heterocycles. The summed E-state index contributed by atoms with van der Waals surface area (Å²) in [4.78, 5) is 48.4. The van der Waals surface area contributed by atoms with E-state index in [-0.39, 0.29) is 45.4 Å². The molecule has 6 fully saturated rings. The van der Waals surface area contributed by atoms with Crippen molar-refractivity contribution in [2.24, 2.45) is 57.2 Å². The maximum Gasteiger partial charge on any atom is 0.156 e. The zero-order valence-electron chi connectivity index (χ0n) is 26.5. The zero-order valence-corrected chi connectivity index (χ0v) is 26.5. The van der Waals surface area contributed by atoms with Gasteiger partial charge in [0.1, 0.15) is 17.7 Å². The second-order valence-corrected chi connectivity index (χ2v) is 16.8. The third-order valence-corrected chi connectivity index (χ3v) is 15.2. The van der Waals surface area contributed by atoms with Crippen LogP contribution in [0, 0.1) is 57.2 Å². The molecular weight excluding hydrogens is 536 g/mol. The number of hydrogen-bond acceptors (Lipinski definition) is 5. The Labute approximate surface area is 256 Å². The van der Waals surface area contributed by atoms with Crippen LogP contribution in [0.1, 0.15) is 105 Å². The van der Waals surface area contributed by atoms with Gasteiger partial charge in [0.05, 0.1) is 6.10 Å². The standard InChI is InChI=1S/C19H24O3.C19H24O2/c1-18-7-5-10(20)9-13(18)16-17(22-16)15-11-3-4-14(21)19(11,2)8-6-12(15)18;1-18-9-7-13(20)11-12(18)3-4-14-15-5-6-17(21)19(15,2)10-8-16(14)18/h9,11-12,15-17H,3-8H2,1-2H3;3-4,11,14-16H,5-10H2,1-2H3/t11-,12-,15-,16+,17-,18+,19-;14-,15-,16-,18-,19-/m00/s1. The molecular formula is C38H48O5. The minimum absolute atomic E-state index is 0.0758. The number of Topliss-reactive ketones (excluding diaryl/α,β-unsaturated/α-hetero) is 2. The molecule has 230 valence electrons. The Balaban J connectivity index is 0.000000129. The van der Waals surface area contributed by atoms with Gasteiger partial charge in [-0.3, -0.25) is 19.2 Å². The topological polar surface area (TPSA) is 80.8 Å². The molecule has 9 aliphatic rings. The first-order valence-corrected chi connectivity index (χ1v) is 17.3. The highest BCUT2D eigenvalue weighted by Gasteiger charge is 2.69. The highest BCUT2D eigenvalue weighted by atomic mass is 16.6. The van der Waals surface area contributed by atoms with Crippen LogP contribution in [0.5, 0.6) is 0 Å². The molecule has 0 radical (unpaired) electrons. The molecule has 12 atom stereocenters. The van der Waals surface area contributed by atoms with Gasteiger partial charge in [0.2, 0.25) is 0 Å². The number of rotatable bonds is 0. The van der Waals surface area contributed by atoms with Gasteiger partial charge in [-0.05, 0) is 121 Å². The summed E-state index contributed by atoms with van der Waals surface area (Å²) in [5.41, 5.74) is 2.63. The Hall–Kier alpha value is -2.14. The van der Waals surface area contributed by atoms with Crippen LogP contribution < -0.4 is 0 Å². The van der Waals surface area contributed by atoms with Crippen molar-refractivity contribution in [2.45, 2.75) is 117 Å². The van der Waals surface area contributed by atoms with Gasteiger partial charge >= 0.3 is 0 Å². The molecule has 0 bridgehead atoms. The summed E-state index contributed by atoms with van der Waals surface area (Å²) < 4.78 is 6.09. The number of ketones is 4.